The van der Waals surface area contributed by atoms with Gasteiger partial charge in [-0.3, -0.25) is 14.6 Å². The minimum absolute atomic E-state index is 0.0607. The molecular formula is C22H23N3O3. The SMILES string of the molecule is C[C@]1(C(=O)N2CCC(C(=O)c3cccnc3)CC2)CC(c2ccccc2)=NO1. The van der Waals surface area contributed by atoms with E-state index in [9.17, 15) is 9.59 Å². The van der Waals surface area contributed by atoms with Gasteiger partial charge < -0.3 is 9.74 Å². The van der Waals surface area contributed by atoms with E-state index in [1.54, 1.807) is 36.4 Å². The van der Waals surface area contributed by atoms with Crippen LogP contribution in [0.25, 0.3) is 0 Å². The van der Waals surface area contributed by atoms with Crippen LogP contribution in [0.1, 0.15) is 42.1 Å². The van der Waals surface area contributed by atoms with Gasteiger partial charge in [-0.1, -0.05) is 35.5 Å². The molecule has 144 valence electrons. The fraction of sp³-hybridized carbons (Fsp3) is 0.364. The highest BCUT2D eigenvalue weighted by Gasteiger charge is 2.45. The number of nitrogens with zero attached hydrogens (tertiary/aromatic N) is 3. The molecule has 1 fully saturated rings. The molecule has 1 atom stereocenters. The van der Waals surface area contributed by atoms with Crippen LogP contribution in [0, 0.1) is 5.92 Å². The van der Waals surface area contributed by atoms with Gasteiger partial charge in [0.05, 0.1) is 5.71 Å². The van der Waals surface area contributed by atoms with Gasteiger partial charge in [0, 0.05) is 43.4 Å². The van der Waals surface area contributed by atoms with Gasteiger partial charge in [-0.15, -0.1) is 0 Å². The monoisotopic (exact) mass is 377 g/mol. The summed E-state index contributed by atoms with van der Waals surface area (Å²) in [5.41, 5.74) is 1.42. The minimum Gasteiger partial charge on any atom is -0.379 e. The lowest BCUT2D eigenvalue weighted by atomic mass is 9.88. The second-order valence-corrected chi connectivity index (χ2v) is 7.58. The summed E-state index contributed by atoms with van der Waals surface area (Å²) in [5.74, 6) is -0.0191. The van der Waals surface area contributed by atoms with Crippen LogP contribution in [0.4, 0.5) is 0 Å². The lowest BCUT2D eigenvalue weighted by Gasteiger charge is -2.35. The minimum atomic E-state index is -0.981. The Morgan fingerprint density at radius 3 is 2.54 bits per heavy atom. The molecule has 1 aromatic carbocycles. The fourth-order valence-corrected chi connectivity index (χ4v) is 3.86. The highest BCUT2D eigenvalue weighted by Crippen LogP contribution is 2.31. The molecule has 0 unspecified atom stereocenters. The largest absolute Gasteiger partial charge is 0.379 e. The molecule has 6 heteroatoms. The van der Waals surface area contributed by atoms with E-state index in [4.69, 9.17) is 4.84 Å². The maximum Gasteiger partial charge on any atom is 0.269 e. The van der Waals surface area contributed by atoms with E-state index in [0.717, 1.165) is 11.3 Å². The van der Waals surface area contributed by atoms with Crippen molar-refractivity contribution in [2.75, 3.05) is 13.1 Å². The molecule has 4 rings (SSSR count). The molecule has 2 aliphatic heterocycles. The summed E-state index contributed by atoms with van der Waals surface area (Å²) in [6.45, 7) is 2.89. The van der Waals surface area contributed by atoms with Crippen molar-refractivity contribution < 1.29 is 14.4 Å². The van der Waals surface area contributed by atoms with Crippen molar-refractivity contribution >= 4 is 17.4 Å². The molecule has 28 heavy (non-hydrogen) atoms. The number of hydrogen-bond acceptors (Lipinski definition) is 5. The zero-order chi connectivity index (χ0) is 19.6. The van der Waals surface area contributed by atoms with Crippen LogP contribution in [-0.2, 0) is 9.63 Å². The third kappa shape index (κ3) is 3.54. The first-order chi connectivity index (χ1) is 13.6. The predicted octanol–water partition coefficient (Wildman–Crippen LogP) is 3.09. The van der Waals surface area contributed by atoms with Crippen molar-refractivity contribution in [3.05, 3.63) is 66.0 Å². The van der Waals surface area contributed by atoms with E-state index in [1.165, 1.54) is 0 Å². The molecule has 6 nitrogen and oxygen atoms in total. The summed E-state index contributed by atoms with van der Waals surface area (Å²) in [6, 6.07) is 13.3. The first kappa shape index (κ1) is 18.3. The number of amides is 1. The fourth-order valence-electron chi connectivity index (χ4n) is 3.86. The zero-order valence-corrected chi connectivity index (χ0v) is 15.9. The third-order valence-electron chi connectivity index (χ3n) is 5.52. The number of carbonyl (C=O) groups is 2. The van der Waals surface area contributed by atoms with Crippen LogP contribution in [0.2, 0.25) is 0 Å². The van der Waals surface area contributed by atoms with Crippen LogP contribution in [0.5, 0.6) is 0 Å². The number of oxime groups is 1. The molecule has 0 saturated carbocycles. The summed E-state index contributed by atoms with van der Waals surface area (Å²) in [6.07, 6.45) is 5.02. The Morgan fingerprint density at radius 2 is 1.86 bits per heavy atom. The Labute approximate surface area is 164 Å². The molecule has 1 saturated heterocycles. The third-order valence-corrected chi connectivity index (χ3v) is 5.52. The van der Waals surface area contributed by atoms with Gasteiger partial charge in [0.2, 0.25) is 5.60 Å². The lowest BCUT2D eigenvalue weighted by molar-refractivity contribution is -0.154. The van der Waals surface area contributed by atoms with Gasteiger partial charge in [-0.25, -0.2) is 0 Å². The number of pyridine rings is 1. The lowest BCUT2D eigenvalue weighted by Crippen LogP contribution is -2.50. The first-order valence-electron chi connectivity index (χ1n) is 9.61. The topological polar surface area (TPSA) is 71.9 Å². The molecule has 0 spiro atoms. The quantitative estimate of drug-likeness (QED) is 0.768. The van der Waals surface area contributed by atoms with Gasteiger partial charge in [0.1, 0.15) is 0 Å². The number of ketones is 1. The van der Waals surface area contributed by atoms with Crippen LogP contribution >= 0.6 is 0 Å². The average Bonchev–Trinajstić information content (AvgIpc) is 3.17. The van der Waals surface area contributed by atoms with Gasteiger partial charge in [-0.05, 0) is 37.5 Å². The Balaban J connectivity index is 1.36. The molecular weight excluding hydrogens is 354 g/mol. The van der Waals surface area contributed by atoms with Gasteiger partial charge in [-0.2, -0.15) is 0 Å². The van der Waals surface area contributed by atoms with Crippen LogP contribution in [0.15, 0.2) is 60.0 Å². The van der Waals surface area contributed by atoms with E-state index < -0.39 is 5.60 Å². The zero-order valence-electron chi connectivity index (χ0n) is 15.9. The summed E-state index contributed by atoms with van der Waals surface area (Å²) >= 11 is 0. The molecule has 0 aliphatic carbocycles. The van der Waals surface area contributed by atoms with Crippen LogP contribution in [-0.4, -0.2) is 46.0 Å². The molecule has 1 aromatic heterocycles. The maximum atomic E-state index is 13.1. The second-order valence-electron chi connectivity index (χ2n) is 7.58. The molecule has 0 N–H and O–H groups in total. The predicted molar refractivity (Wildman–Crippen MR) is 105 cm³/mol. The highest BCUT2D eigenvalue weighted by atomic mass is 16.7. The van der Waals surface area contributed by atoms with E-state index in [2.05, 4.69) is 10.1 Å². The molecule has 1 amide bonds. The number of Topliss-reactive ketones (excluding diaryl/α,β-unsaturated/α-hetero) is 1. The molecule has 2 aliphatic rings. The van der Waals surface area contributed by atoms with Gasteiger partial charge >= 0.3 is 0 Å². The number of aromatic nitrogens is 1. The highest BCUT2D eigenvalue weighted by molar-refractivity contribution is 6.05. The number of benzene rings is 1. The average molecular weight is 377 g/mol. The smallest absolute Gasteiger partial charge is 0.269 e. The Hall–Kier alpha value is -3.02. The van der Waals surface area contributed by atoms with Crippen molar-refractivity contribution in [3.8, 4) is 0 Å². The number of likely N-dealkylation sites (tertiary alicyclic amines) is 1. The summed E-state index contributed by atoms with van der Waals surface area (Å²) < 4.78 is 0. The maximum absolute atomic E-state index is 13.1. The van der Waals surface area contributed by atoms with Crippen LogP contribution < -0.4 is 0 Å². The standard InChI is InChI=1S/C22H23N3O3/c1-22(14-19(24-28-22)16-6-3-2-4-7-16)21(27)25-12-9-17(10-13-25)20(26)18-8-5-11-23-15-18/h2-8,11,15,17H,9-10,12-14H2,1H3/t22-/m1/s1. The van der Waals surface area contributed by atoms with E-state index >= 15 is 0 Å². The van der Waals surface area contributed by atoms with Crippen LogP contribution in [0.3, 0.4) is 0 Å². The summed E-state index contributed by atoms with van der Waals surface area (Å²) in [7, 11) is 0. The van der Waals surface area contributed by atoms with Crippen molar-refractivity contribution in [2.45, 2.75) is 31.8 Å². The van der Waals surface area contributed by atoms with Gasteiger partial charge in [0.15, 0.2) is 5.78 Å². The Morgan fingerprint density at radius 1 is 1.11 bits per heavy atom. The van der Waals surface area contributed by atoms with Crippen molar-refractivity contribution in [3.63, 3.8) is 0 Å². The Kier molecular flexibility index (Phi) is 4.94. The molecule has 0 bridgehead atoms. The molecule has 2 aromatic rings. The number of rotatable bonds is 4. The number of piperidine rings is 1. The van der Waals surface area contributed by atoms with Crippen molar-refractivity contribution in [1.82, 2.24) is 9.88 Å². The summed E-state index contributed by atoms with van der Waals surface area (Å²) in [5, 5.41) is 4.17. The van der Waals surface area contributed by atoms with Crippen molar-refractivity contribution in [2.24, 2.45) is 11.1 Å². The second kappa shape index (κ2) is 7.54. The van der Waals surface area contributed by atoms with E-state index in [1.807, 2.05) is 30.3 Å². The van der Waals surface area contributed by atoms with Gasteiger partial charge in [0.25, 0.3) is 5.91 Å². The summed E-state index contributed by atoms with van der Waals surface area (Å²) in [4.78, 5) is 37.1. The van der Waals surface area contributed by atoms with E-state index in [-0.39, 0.29) is 17.6 Å². The number of hydrogen-bond donors (Lipinski definition) is 0. The van der Waals surface area contributed by atoms with Crippen molar-refractivity contribution in [1.29, 1.82) is 0 Å². The Bertz CT molecular complexity index is 890. The van der Waals surface area contributed by atoms with E-state index in [0.29, 0.717) is 37.9 Å². The normalized spacial score (nSPS) is 22.5. The number of carbonyl (C=O) groups excluding carboxylic acids is 2. The molecule has 3 heterocycles. The first-order valence-corrected chi connectivity index (χ1v) is 9.61. The molecule has 0 radical (unpaired) electrons.